The largest absolute Gasteiger partial charge is 0.394 e. The Balaban J connectivity index is 2.18. The maximum Gasteiger partial charge on any atom is 0.263 e. The van der Waals surface area contributed by atoms with Gasteiger partial charge in [-0.15, -0.1) is 11.3 Å². The number of carbonyl (C=O) groups excluding carboxylic acids is 1. The van der Waals surface area contributed by atoms with Gasteiger partial charge >= 0.3 is 0 Å². The molecule has 2 aromatic heterocycles. The maximum absolute atomic E-state index is 12.3. The van der Waals surface area contributed by atoms with E-state index in [0.717, 1.165) is 16.3 Å². The number of nitrogens with one attached hydrogen (secondary N) is 1. The zero-order valence-corrected chi connectivity index (χ0v) is 13.3. The smallest absolute Gasteiger partial charge is 0.263 e. The van der Waals surface area contributed by atoms with E-state index >= 15 is 0 Å². The molecule has 108 valence electrons. The van der Waals surface area contributed by atoms with Crippen LogP contribution in [-0.4, -0.2) is 28.6 Å². The number of hydrogen-bond donors (Lipinski definition) is 2. The topological polar surface area (TPSA) is 62.2 Å². The summed E-state index contributed by atoms with van der Waals surface area (Å²) >= 11 is 3.00. The predicted molar refractivity (Wildman–Crippen MR) is 83.3 cm³/mol. The van der Waals surface area contributed by atoms with Crippen LogP contribution in [0.1, 0.15) is 29.2 Å². The fourth-order valence-electron chi connectivity index (χ4n) is 1.77. The fourth-order valence-corrected chi connectivity index (χ4v) is 3.45. The molecule has 6 heteroatoms. The number of rotatable bonds is 5. The normalized spacial score (nSPS) is 12.7. The van der Waals surface area contributed by atoms with Gasteiger partial charge in [-0.25, -0.2) is 4.98 Å². The molecule has 1 atom stereocenters. The SMILES string of the molecule is Cc1nc(-c2ccsc2)sc1C(=O)NC(CO)C(C)C. The standard InChI is InChI=1S/C14H18N2O2S2/c1-8(2)11(6-17)16-13(18)12-9(3)15-14(20-12)10-4-5-19-7-10/h4-5,7-8,11,17H,6H2,1-3H3,(H,16,18). The molecule has 0 aromatic carbocycles. The Bertz CT molecular complexity index is 576. The third kappa shape index (κ3) is 3.26. The Morgan fingerprint density at radius 3 is 2.80 bits per heavy atom. The van der Waals surface area contributed by atoms with Crippen LogP contribution in [0.2, 0.25) is 0 Å². The molecule has 2 rings (SSSR count). The van der Waals surface area contributed by atoms with Crippen LogP contribution in [-0.2, 0) is 0 Å². The molecule has 0 aliphatic rings. The van der Waals surface area contributed by atoms with E-state index in [1.807, 2.05) is 37.6 Å². The Morgan fingerprint density at radius 1 is 1.50 bits per heavy atom. The predicted octanol–water partition coefficient (Wildman–Crippen LogP) is 2.93. The van der Waals surface area contributed by atoms with E-state index in [2.05, 4.69) is 10.3 Å². The van der Waals surface area contributed by atoms with Gasteiger partial charge in [0.2, 0.25) is 0 Å². The van der Waals surface area contributed by atoms with Crippen molar-refractivity contribution in [3.8, 4) is 10.6 Å². The van der Waals surface area contributed by atoms with Crippen LogP contribution in [0.15, 0.2) is 16.8 Å². The number of thiazole rings is 1. The van der Waals surface area contributed by atoms with Crippen LogP contribution < -0.4 is 5.32 Å². The molecular formula is C14H18N2O2S2. The van der Waals surface area contributed by atoms with Gasteiger partial charge in [-0.1, -0.05) is 13.8 Å². The van der Waals surface area contributed by atoms with Gasteiger partial charge in [0.1, 0.15) is 9.88 Å². The molecule has 0 fully saturated rings. The van der Waals surface area contributed by atoms with Crippen LogP contribution >= 0.6 is 22.7 Å². The van der Waals surface area contributed by atoms with E-state index in [4.69, 9.17) is 0 Å². The second kappa shape index (κ2) is 6.47. The number of aromatic nitrogens is 1. The summed E-state index contributed by atoms with van der Waals surface area (Å²) in [5.41, 5.74) is 1.78. The van der Waals surface area contributed by atoms with Crippen molar-refractivity contribution < 1.29 is 9.90 Å². The highest BCUT2D eigenvalue weighted by atomic mass is 32.1. The van der Waals surface area contributed by atoms with E-state index in [9.17, 15) is 9.90 Å². The molecule has 4 nitrogen and oxygen atoms in total. The van der Waals surface area contributed by atoms with Crippen molar-refractivity contribution in [1.29, 1.82) is 0 Å². The summed E-state index contributed by atoms with van der Waals surface area (Å²) < 4.78 is 0. The van der Waals surface area contributed by atoms with Gasteiger partial charge in [0.05, 0.1) is 18.3 Å². The minimum absolute atomic E-state index is 0.0569. The quantitative estimate of drug-likeness (QED) is 0.892. The first-order valence-electron chi connectivity index (χ1n) is 6.44. The van der Waals surface area contributed by atoms with Crippen LogP contribution in [0, 0.1) is 12.8 Å². The van der Waals surface area contributed by atoms with Crippen molar-refractivity contribution in [2.75, 3.05) is 6.61 Å². The van der Waals surface area contributed by atoms with Crippen LogP contribution in [0.25, 0.3) is 10.6 Å². The van der Waals surface area contributed by atoms with Crippen molar-refractivity contribution in [2.45, 2.75) is 26.8 Å². The number of nitrogens with zero attached hydrogens (tertiary/aromatic N) is 1. The number of aliphatic hydroxyl groups is 1. The average molecular weight is 310 g/mol. The minimum Gasteiger partial charge on any atom is -0.394 e. The lowest BCUT2D eigenvalue weighted by molar-refractivity contribution is 0.0900. The third-order valence-corrected chi connectivity index (χ3v) is 4.98. The van der Waals surface area contributed by atoms with E-state index < -0.39 is 0 Å². The second-order valence-electron chi connectivity index (χ2n) is 4.95. The average Bonchev–Trinajstić information content (AvgIpc) is 3.03. The Kier molecular flexibility index (Phi) is 4.91. The van der Waals surface area contributed by atoms with Crippen molar-refractivity contribution in [1.82, 2.24) is 10.3 Å². The highest BCUT2D eigenvalue weighted by molar-refractivity contribution is 7.17. The van der Waals surface area contributed by atoms with Crippen LogP contribution in [0.4, 0.5) is 0 Å². The van der Waals surface area contributed by atoms with Gasteiger partial charge in [-0.05, 0) is 24.3 Å². The molecule has 2 aromatic rings. The minimum atomic E-state index is -0.228. The summed E-state index contributed by atoms with van der Waals surface area (Å²) in [6.07, 6.45) is 0. The molecule has 2 N–H and O–H groups in total. The maximum atomic E-state index is 12.3. The molecule has 0 spiro atoms. The van der Waals surface area contributed by atoms with Gasteiger partial charge in [-0.2, -0.15) is 11.3 Å². The second-order valence-corrected chi connectivity index (χ2v) is 6.73. The first kappa shape index (κ1) is 15.2. The van der Waals surface area contributed by atoms with Gasteiger partial charge in [-0.3, -0.25) is 4.79 Å². The Labute approximate surface area is 126 Å². The number of aliphatic hydroxyl groups excluding tert-OH is 1. The van der Waals surface area contributed by atoms with Crippen molar-refractivity contribution in [3.63, 3.8) is 0 Å². The molecule has 0 saturated carbocycles. The molecule has 1 amide bonds. The first-order valence-corrected chi connectivity index (χ1v) is 8.20. The van der Waals surface area contributed by atoms with Crippen molar-refractivity contribution in [3.05, 3.63) is 27.4 Å². The summed E-state index contributed by atoms with van der Waals surface area (Å²) in [5, 5.41) is 17.0. The molecule has 0 saturated heterocycles. The molecule has 0 aliphatic carbocycles. The monoisotopic (exact) mass is 310 g/mol. The van der Waals surface area contributed by atoms with E-state index in [0.29, 0.717) is 4.88 Å². The third-order valence-electron chi connectivity index (χ3n) is 3.09. The highest BCUT2D eigenvalue weighted by Gasteiger charge is 2.20. The lowest BCUT2D eigenvalue weighted by Crippen LogP contribution is -2.41. The van der Waals surface area contributed by atoms with E-state index in [1.165, 1.54) is 11.3 Å². The molecule has 0 bridgehead atoms. The Hall–Kier alpha value is -1.24. The molecule has 2 heterocycles. The lowest BCUT2D eigenvalue weighted by Gasteiger charge is -2.19. The summed E-state index contributed by atoms with van der Waals surface area (Å²) in [6.45, 7) is 5.72. The number of amides is 1. The van der Waals surface area contributed by atoms with Gasteiger partial charge in [0.15, 0.2) is 0 Å². The molecule has 0 aliphatic heterocycles. The van der Waals surface area contributed by atoms with E-state index in [-0.39, 0.29) is 24.5 Å². The number of hydrogen-bond acceptors (Lipinski definition) is 5. The molecule has 0 radical (unpaired) electrons. The first-order chi connectivity index (χ1) is 9.52. The summed E-state index contributed by atoms with van der Waals surface area (Å²) in [6, 6.07) is 1.77. The van der Waals surface area contributed by atoms with Crippen molar-refractivity contribution >= 4 is 28.6 Å². The zero-order valence-electron chi connectivity index (χ0n) is 11.7. The molecular weight excluding hydrogens is 292 g/mol. The Morgan fingerprint density at radius 2 is 2.25 bits per heavy atom. The lowest BCUT2D eigenvalue weighted by atomic mass is 10.1. The van der Waals surface area contributed by atoms with E-state index in [1.54, 1.807) is 11.3 Å². The zero-order chi connectivity index (χ0) is 14.7. The van der Waals surface area contributed by atoms with Gasteiger partial charge in [0.25, 0.3) is 5.91 Å². The summed E-state index contributed by atoms with van der Waals surface area (Å²) in [7, 11) is 0. The van der Waals surface area contributed by atoms with Gasteiger partial charge in [0, 0.05) is 10.9 Å². The number of aryl methyl sites for hydroxylation is 1. The summed E-state index contributed by atoms with van der Waals surface area (Å²) in [4.78, 5) is 17.3. The van der Waals surface area contributed by atoms with Gasteiger partial charge < -0.3 is 10.4 Å². The van der Waals surface area contributed by atoms with Crippen LogP contribution in [0.3, 0.4) is 0 Å². The molecule has 1 unspecified atom stereocenters. The number of thiophene rings is 1. The highest BCUT2D eigenvalue weighted by Crippen LogP contribution is 2.29. The fraction of sp³-hybridized carbons (Fsp3) is 0.429. The van der Waals surface area contributed by atoms with Crippen LogP contribution in [0.5, 0.6) is 0 Å². The summed E-state index contributed by atoms with van der Waals surface area (Å²) in [5.74, 6) is 0.0303. The van der Waals surface area contributed by atoms with Crippen molar-refractivity contribution in [2.24, 2.45) is 5.92 Å². The number of carbonyl (C=O) groups is 1. The molecule has 20 heavy (non-hydrogen) atoms.